The number of hydrogen-bond donors (Lipinski definition) is 0. The van der Waals surface area contributed by atoms with E-state index in [-0.39, 0.29) is 0 Å². The van der Waals surface area contributed by atoms with E-state index in [4.69, 9.17) is 11.6 Å². The van der Waals surface area contributed by atoms with E-state index in [0.717, 1.165) is 10.4 Å². The van der Waals surface area contributed by atoms with E-state index in [9.17, 15) is 0 Å². The first kappa shape index (κ1) is 10.3. The minimum Gasteiger partial charge on any atom is -0.371 e. The van der Waals surface area contributed by atoms with Crippen molar-refractivity contribution < 1.29 is 0 Å². The highest BCUT2D eigenvalue weighted by atomic mass is 79.9. The molecule has 3 heteroatoms. The molecule has 0 saturated carbocycles. The molecule has 0 amide bonds. The molecule has 1 aliphatic rings. The van der Waals surface area contributed by atoms with Gasteiger partial charge in [0.25, 0.3) is 0 Å². The van der Waals surface area contributed by atoms with Crippen LogP contribution in [0.25, 0.3) is 0 Å². The number of nitrogens with zero attached hydrogens (tertiary/aromatic N) is 1. The lowest BCUT2D eigenvalue weighted by Gasteiger charge is -2.21. The monoisotopic (exact) mass is 273 g/mol. The minimum atomic E-state index is 0.832. The van der Waals surface area contributed by atoms with Gasteiger partial charge in [-0.2, -0.15) is 0 Å². The van der Waals surface area contributed by atoms with Gasteiger partial charge in [0, 0.05) is 34.7 Å². The smallest absolute Gasteiger partial charge is 0.0467 e. The van der Waals surface area contributed by atoms with Crippen LogP contribution in [-0.2, 0) is 5.33 Å². The summed E-state index contributed by atoms with van der Waals surface area (Å²) >= 11 is 9.65. The number of benzene rings is 1. The van der Waals surface area contributed by atoms with Crippen LogP contribution in [0.15, 0.2) is 18.2 Å². The van der Waals surface area contributed by atoms with Crippen molar-refractivity contribution in [1.82, 2.24) is 0 Å². The number of alkyl halides is 1. The largest absolute Gasteiger partial charge is 0.371 e. The van der Waals surface area contributed by atoms with Gasteiger partial charge in [-0.25, -0.2) is 0 Å². The topological polar surface area (TPSA) is 3.24 Å². The molecule has 1 aromatic carbocycles. The van der Waals surface area contributed by atoms with Crippen LogP contribution in [0, 0.1) is 0 Å². The zero-order valence-electron chi connectivity index (χ0n) is 7.97. The third-order valence-corrected chi connectivity index (χ3v) is 3.59. The summed E-state index contributed by atoms with van der Waals surface area (Å²) in [5.41, 5.74) is 2.52. The summed E-state index contributed by atoms with van der Waals surface area (Å²) < 4.78 is 0. The first-order valence-electron chi connectivity index (χ1n) is 4.91. The molecule has 2 rings (SSSR count). The second kappa shape index (κ2) is 4.54. The Hall–Kier alpha value is -0.210. The van der Waals surface area contributed by atoms with Gasteiger partial charge in [0.1, 0.15) is 0 Å². The summed E-state index contributed by atoms with van der Waals surface area (Å²) in [7, 11) is 0. The van der Waals surface area contributed by atoms with E-state index in [1.807, 2.05) is 12.1 Å². The fraction of sp³-hybridized carbons (Fsp3) is 0.455. The molecule has 1 nitrogen and oxygen atoms in total. The van der Waals surface area contributed by atoms with E-state index in [1.165, 1.54) is 37.2 Å². The van der Waals surface area contributed by atoms with Gasteiger partial charge in [-0.1, -0.05) is 33.6 Å². The second-order valence-corrected chi connectivity index (χ2v) is 4.53. The molecule has 0 aromatic heterocycles. The highest BCUT2D eigenvalue weighted by Crippen LogP contribution is 2.31. The van der Waals surface area contributed by atoms with Crippen LogP contribution in [-0.4, -0.2) is 13.1 Å². The number of anilines is 1. The summed E-state index contributed by atoms with van der Waals surface area (Å²) in [4.78, 5) is 2.42. The Bertz CT molecular complexity index is 321. The predicted molar refractivity (Wildman–Crippen MR) is 65.5 cm³/mol. The fourth-order valence-corrected chi connectivity index (χ4v) is 2.92. The van der Waals surface area contributed by atoms with Gasteiger partial charge in [0.05, 0.1) is 0 Å². The van der Waals surface area contributed by atoms with Crippen molar-refractivity contribution in [3.8, 4) is 0 Å². The fourth-order valence-electron chi connectivity index (χ4n) is 1.93. The van der Waals surface area contributed by atoms with Crippen molar-refractivity contribution in [2.75, 3.05) is 18.0 Å². The van der Waals surface area contributed by atoms with Crippen LogP contribution in [0.2, 0.25) is 5.02 Å². The van der Waals surface area contributed by atoms with Crippen LogP contribution >= 0.6 is 27.5 Å². The molecule has 1 saturated heterocycles. The van der Waals surface area contributed by atoms with Crippen LogP contribution in [0.3, 0.4) is 0 Å². The average Bonchev–Trinajstić information content (AvgIpc) is 2.70. The van der Waals surface area contributed by atoms with Crippen molar-refractivity contribution in [3.05, 3.63) is 28.8 Å². The number of halogens is 2. The molecule has 0 atom stereocenters. The standard InChI is InChI=1S/C11H13BrClN/c12-8-9-10(13)4-3-5-11(9)14-6-1-2-7-14/h3-5H,1-2,6-8H2. The van der Waals surface area contributed by atoms with Gasteiger partial charge in [0.15, 0.2) is 0 Å². The van der Waals surface area contributed by atoms with Crippen LogP contribution < -0.4 is 4.90 Å². The van der Waals surface area contributed by atoms with E-state index in [0.29, 0.717) is 0 Å². The maximum absolute atomic E-state index is 6.15. The van der Waals surface area contributed by atoms with Crippen molar-refractivity contribution in [2.24, 2.45) is 0 Å². The lowest BCUT2D eigenvalue weighted by atomic mass is 10.2. The molecule has 1 heterocycles. The van der Waals surface area contributed by atoms with Crippen molar-refractivity contribution in [1.29, 1.82) is 0 Å². The van der Waals surface area contributed by atoms with E-state index < -0.39 is 0 Å². The highest BCUT2D eigenvalue weighted by Gasteiger charge is 2.16. The predicted octanol–water partition coefficient (Wildman–Crippen LogP) is 3.84. The summed E-state index contributed by atoms with van der Waals surface area (Å²) in [6.45, 7) is 2.33. The molecule has 0 spiro atoms. The van der Waals surface area contributed by atoms with Gasteiger partial charge in [-0.15, -0.1) is 0 Å². The molecule has 0 radical (unpaired) electrons. The van der Waals surface area contributed by atoms with Crippen LogP contribution in [0.1, 0.15) is 18.4 Å². The van der Waals surface area contributed by atoms with E-state index >= 15 is 0 Å². The number of hydrogen-bond acceptors (Lipinski definition) is 1. The number of rotatable bonds is 2. The Morgan fingerprint density at radius 1 is 1.29 bits per heavy atom. The summed E-state index contributed by atoms with van der Waals surface area (Å²) in [5.74, 6) is 0. The lowest BCUT2D eigenvalue weighted by Crippen LogP contribution is -2.19. The zero-order valence-corrected chi connectivity index (χ0v) is 10.3. The van der Waals surface area contributed by atoms with Gasteiger partial charge < -0.3 is 4.90 Å². The Labute approximate surface area is 98.2 Å². The molecule has 1 aliphatic heterocycles. The molecule has 76 valence electrons. The molecular weight excluding hydrogens is 261 g/mol. The van der Waals surface area contributed by atoms with E-state index in [1.54, 1.807) is 0 Å². The first-order valence-corrected chi connectivity index (χ1v) is 6.41. The van der Waals surface area contributed by atoms with Gasteiger partial charge in [-0.3, -0.25) is 0 Å². The van der Waals surface area contributed by atoms with Crippen LogP contribution in [0.4, 0.5) is 5.69 Å². The molecule has 0 aliphatic carbocycles. The summed E-state index contributed by atoms with van der Waals surface area (Å²) in [5, 5.41) is 1.70. The summed E-state index contributed by atoms with van der Waals surface area (Å²) in [6.07, 6.45) is 2.60. The maximum atomic E-state index is 6.15. The minimum absolute atomic E-state index is 0.832. The van der Waals surface area contributed by atoms with Gasteiger partial charge >= 0.3 is 0 Å². The van der Waals surface area contributed by atoms with Crippen LogP contribution in [0.5, 0.6) is 0 Å². The van der Waals surface area contributed by atoms with Crippen molar-refractivity contribution in [2.45, 2.75) is 18.2 Å². The Balaban J connectivity index is 2.35. The molecule has 0 bridgehead atoms. The second-order valence-electron chi connectivity index (χ2n) is 3.57. The quantitative estimate of drug-likeness (QED) is 0.741. The Morgan fingerprint density at radius 2 is 2.00 bits per heavy atom. The van der Waals surface area contributed by atoms with Gasteiger partial charge in [0.2, 0.25) is 0 Å². The SMILES string of the molecule is Clc1cccc(N2CCCC2)c1CBr. The Morgan fingerprint density at radius 3 is 2.64 bits per heavy atom. The maximum Gasteiger partial charge on any atom is 0.0467 e. The zero-order chi connectivity index (χ0) is 9.97. The van der Waals surface area contributed by atoms with E-state index in [2.05, 4.69) is 26.9 Å². The highest BCUT2D eigenvalue weighted by molar-refractivity contribution is 9.08. The summed E-state index contributed by atoms with van der Waals surface area (Å²) in [6, 6.07) is 6.15. The average molecular weight is 275 g/mol. The van der Waals surface area contributed by atoms with Gasteiger partial charge in [-0.05, 0) is 25.0 Å². The van der Waals surface area contributed by atoms with Crippen molar-refractivity contribution >= 4 is 33.2 Å². The normalized spacial score (nSPS) is 16.3. The molecular formula is C11H13BrClN. The molecule has 0 unspecified atom stereocenters. The molecule has 0 N–H and O–H groups in total. The lowest BCUT2D eigenvalue weighted by molar-refractivity contribution is 0.949. The first-order chi connectivity index (χ1) is 6.83. The third-order valence-electron chi connectivity index (χ3n) is 2.67. The molecule has 1 aromatic rings. The molecule has 14 heavy (non-hydrogen) atoms. The third kappa shape index (κ3) is 1.91. The molecule has 1 fully saturated rings. The Kier molecular flexibility index (Phi) is 3.34. The van der Waals surface area contributed by atoms with Crippen molar-refractivity contribution in [3.63, 3.8) is 0 Å².